The number of rotatable bonds is 9. The first-order valence-corrected chi connectivity index (χ1v) is 13.9. The summed E-state index contributed by atoms with van der Waals surface area (Å²) in [6.45, 7) is 1.85. The molecule has 0 aliphatic heterocycles. The molecule has 0 saturated carbocycles. The van der Waals surface area contributed by atoms with Gasteiger partial charge in [-0.1, -0.05) is 17.7 Å². The van der Waals surface area contributed by atoms with E-state index in [1.165, 1.54) is 36.4 Å². The number of hydrogen-bond acceptors (Lipinski definition) is 11. The summed E-state index contributed by atoms with van der Waals surface area (Å²) in [4.78, 5) is 9.41. The van der Waals surface area contributed by atoms with E-state index in [-0.39, 0.29) is 45.9 Å². The van der Waals surface area contributed by atoms with Crippen molar-refractivity contribution < 1.29 is 60.1 Å². The third-order valence-corrected chi connectivity index (χ3v) is 7.36. The maximum Gasteiger partial charge on any atom is 1.00 e. The average molecular weight is 591 g/mol. The van der Waals surface area contributed by atoms with Crippen LogP contribution in [0.3, 0.4) is 0 Å². The van der Waals surface area contributed by atoms with Crippen molar-refractivity contribution >= 4 is 48.7 Å². The molecule has 0 aromatic heterocycles. The van der Waals surface area contributed by atoms with Gasteiger partial charge in [-0.3, -0.25) is 10.1 Å². The van der Waals surface area contributed by atoms with Gasteiger partial charge in [-0.2, -0.15) is 18.6 Å². The molecule has 12 nitrogen and oxygen atoms in total. The third kappa shape index (κ3) is 7.94. The smallest absolute Gasteiger partial charge is 0.744 e. The summed E-state index contributed by atoms with van der Waals surface area (Å²) in [7, 11) is -8.96. The Kier molecular flexibility index (Phi) is 9.78. The van der Waals surface area contributed by atoms with Crippen molar-refractivity contribution in [2.24, 2.45) is 10.2 Å². The first kappa shape index (κ1) is 30.9. The maximum absolute atomic E-state index is 12.4. The minimum atomic E-state index is -4.98. The zero-order valence-corrected chi connectivity index (χ0v) is 24.7. The average Bonchev–Trinajstić information content (AvgIpc) is 2.88. The Bertz CT molecular complexity index is 1760. The minimum absolute atomic E-state index is 0. The number of aryl methyl sites for hydroxylation is 1. The van der Waals surface area contributed by atoms with Crippen LogP contribution in [0.15, 0.2) is 111 Å². The molecule has 0 heterocycles. The molecule has 0 aliphatic rings. The van der Waals surface area contributed by atoms with Crippen molar-refractivity contribution in [1.29, 1.82) is 0 Å². The van der Waals surface area contributed by atoms with E-state index >= 15 is 0 Å². The predicted molar refractivity (Wildman–Crippen MR) is 140 cm³/mol. The number of nitrogens with zero attached hydrogens (tertiary/aromatic N) is 3. The second-order valence-electron chi connectivity index (χ2n) is 8.11. The standard InChI is InChI=1S/C25H20N4O8S2.Na/c1-17-2-13-23(14-3-17)39(35,36)37-22-11-8-20(9-12-22)28-27-19-6-4-18(5-7-19)26-24-15-10-21(29(30)31)16-25(24)38(32,33)34;/h2-16,26H,1H3,(H,32,33,34);/q;+1/p-1. The molecule has 0 bridgehead atoms. The summed E-state index contributed by atoms with van der Waals surface area (Å²) in [6, 6.07) is 21.3. The van der Waals surface area contributed by atoms with E-state index in [4.69, 9.17) is 4.18 Å². The van der Waals surface area contributed by atoms with Crippen LogP contribution >= 0.6 is 0 Å². The monoisotopic (exact) mass is 590 g/mol. The van der Waals surface area contributed by atoms with E-state index < -0.39 is 35.7 Å². The van der Waals surface area contributed by atoms with Crippen LogP contribution < -0.4 is 39.1 Å². The number of non-ortho nitro benzene ring substituents is 1. The van der Waals surface area contributed by atoms with Gasteiger partial charge < -0.3 is 14.1 Å². The van der Waals surface area contributed by atoms with Gasteiger partial charge in [0.05, 0.1) is 26.9 Å². The Morgan fingerprint density at radius 2 is 1.35 bits per heavy atom. The second-order valence-corrected chi connectivity index (χ2v) is 11.0. The van der Waals surface area contributed by atoms with Crippen molar-refractivity contribution in [3.8, 4) is 5.75 Å². The first-order valence-electron chi connectivity index (χ1n) is 11.1. The fraction of sp³-hybridized carbons (Fsp3) is 0.0400. The zero-order valence-electron chi connectivity index (χ0n) is 21.1. The summed E-state index contributed by atoms with van der Waals surface area (Å²) in [6.07, 6.45) is 0. The number of azo groups is 1. The largest absolute Gasteiger partial charge is 1.00 e. The molecule has 0 atom stereocenters. The number of anilines is 2. The van der Waals surface area contributed by atoms with Gasteiger partial charge in [0, 0.05) is 17.8 Å². The SMILES string of the molecule is Cc1ccc(S(=O)(=O)Oc2ccc(N=Nc3ccc(Nc4ccc([N+](=O)[O-])cc4S(=O)(=O)[O-])cc3)cc2)cc1.[Na+]. The van der Waals surface area contributed by atoms with Crippen LogP contribution in [0.25, 0.3) is 0 Å². The van der Waals surface area contributed by atoms with Crippen molar-refractivity contribution in [2.45, 2.75) is 16.7 Å². The van der Waals surface area contributed by atoms with Crippen LogP contribution in [0, 0.1) is 17.0 Å². The maximum atomic E-state index is 12.4. The summed E-state index contributed by atoms with van der Waals surface area (Å²) >= 11 is 0. The minimum Gasteiger partial charge on any atom is -0.744 e. The second kappa shape index (κ2) is 12.7. The summed E-state index contributed by atoms with van der Waals surface area (Å²) in [5.74, 6) is 0.107. The van der Waals surface area contributed by atoms with Gasteiger partial charge in [0.15, 0.2) is 0 Å². The van der Waals surface area contributed by atoms with E-state index in [2.05, 4.69) is 15.5 Å². The molecule has 200 valence electrons. The molecule has 4 aromatic carbocycles. The number of hydrogen-bond donors (Lipinski definition) is 1. The van der Waals surface area contributed by atoms with Gasteiger partial charge in [-0.15, -0.1) is 0 Å². The normalized spacial score (nSPS) is 11.6. The molecule has 0 saturated heterocycles. The molecule has 1 N–H and O–H groups in total. The summed E-state index contributed by atoms with van der Waals surface area (Å²) in [5, 5.41) is 21.8. The van der Waals surface area contributed by atoms with Crippen LogP contribution in [0.2, 0.25) is 0 Å². The van der Waals surface area contributed by atoms with Gasteiger partial charge in [-0.05, 0) is 73.7 Å². The van der Waals surface area contributed by atoms with Gasteiger partial charge in [0.2, 0.25) is 0 Å². The number of benzene rings is 4. The molecule has 4 aromatic rings. The van der Waals surface area contributed by atoms with Crippen molar-refractivity contribution in [3.63, 3.8) is 0 Å². The third-order valence-electron chi connectivity index (χ3n) is 5.22. The Morgan fingerprint density at radius 3 is 1.88 bits per heavy atom. The molecule has 0 radical (unpaired) electrons. The van der Waals surface area contributed by atoms with Crippen LogP contribution in [0.1, 0.15) is 5.56 Å². The Labute approximate surface area is 252 Å². The van der Waals surface area contributed by atoms with Gasteiger partial charge >= 0.3 is 39.7 Å². The van der Waals surface area contributed by atoms with Crippen LogP contribution in [0.5, 0.6) is 5.75 Å². The first-order chi connectivity index (χ1) is 18.4. The molecule has 15 heteroatoms. The Morgan fingerprint density at radius 1 is 0.800 bits per heavy atom. The molecule has 0 amide bonds. The van der Waals surface area contributed by atoms with Gasteiger partial charge in [-0.25, -0.2) is 8.42 Å². The van der Waals surface area contributed by atoms with Crippen molar-refractivity contribution in [1.82, 2.24) is 0 Å². The molecule has 0 fully saturated rings. The van der Waals surface area contributed by atoms with Crippen molar-refractivity contribution in [3.05, 3.63) is 107 Å². The number of nitrogens with one attached hydrogen (secondary N) is 1. The van der Waals surface area contributed by atoms with Gasteiger partial charge in [0.1, 0.15) is 20.8 Å². The van der Waals surface area contributed by atoms with Crippen LogP contribution in [0.4, 0.5) is 28.4 Å². The van der Waals surface area contributed by atoms with E-state index in [0.717, 1.165) is 17.7 Å². The molecule has 40 heavy (non-hydrogen) atoms. The Balaban J connectivity index is 0.00000441. The fourth-order valence-corrected chi connectivity index (χ4v) is 4.85. The molecule has 0 aliphatic carbocycles. The fourth-order valence-electron chi connectivity index (χ4n) is 3.27. The quantitative estimate of drug-likeness (QED) is 0.0765. The molecule has 4 rings (SSSR count). The molecular weight excluding hydrogens is 571 g/mol. The molecule has 0 unspecified atom stereocenters. The summed E-state index contributed by atoms with van der Waals surface area (Å²) in [5.41, 5.74) is 1.53. The summed E-state index contributed by atoms with van der Waals surface area (Å²) < 4.78 is 64.7. The topological polar surface area (TPSA) is 180 Å². The van der Waals surface area contributed by atoms with E-state index in [9.17, 15) is 31.5 Å². The molecule has 0 spiro atoms. The van der Waals surface area contributed by atoms with E-state index in [1.54, 1.807) is 36.4 Å². The van der Waals surface area contributed by atoms with Crippen LogP contribution in [-0.4, -0.2) is 26.3 Å². The van der Waals surface area contributed by atoms with E-state index in [1.807, 2.05) is 6.92 Å². The number of nitro groups is 1. The molecular formula is C25H19N4NaO8S2. The van der Waals surface area contributed by atoms with Crippen LogP contribution in [-0.2, 0) is 20.2 Å². The number of nitro benzene ring substituents is 1. The van der Waals surface area contributed by atoms with Crippen molar-refractivity contribution in [2.75, 3.05) is 5.32 Å². The van der Waals surface area contributed by atoms with Gasteiger partial charge in [0.25, 0.3) is 5.69 Å². The van der Waals surface area contributed by atoms with E-state index in [0.29, 0.717) is 23.1 Å². The zero-order chi connectivity index (χ0) is 28.2. The predicted octanol–water partition coefficient (Wildman–Crippen LogP) is 2.74. The Hall–Kier alpha value is -3.66.